The highest BCUT2D eigenvalue weighted by Crippen LogP contribution is 2.52. The lowest BCUT2D eigenvalue weighted by molar-refractivity contribution is -0.148. The molecule has 1 aromatic carbocycles. The molecule has 1 aliphatic carbocycles. The van der Waals surface area contributed by atoms with Crippen LogP contribution in [0.25, 0.3) is 0 Å². The summed E-state index contributed by atoms with van der Waals surface area (Å²) in [5, 5.41) is 0. The first-order chi connectivity index (χ1) is 17.0. The van der Waals surface area contributed by atoms with Crippen molar-refractivity contribution in [1.29, 1.82) is 0 Å². The van der Waals surface area contributed by atoms with Crippen LogP contribution in [0, 0.1) is 6.92 Å². The van der Waals surface area contributed by atoms with E-state index in [1.54, 1.807) is 20.8 Å². The van der Waals surface area contributed by atoms with E-state index in [9.17, 15) is 27.6 Å². The topological polar surface area (TPSA) is 111 Å². The molecule has 2 aliphatic rings. The average Bonchev–Trinajstić information content (AvgIpc) is 3.43. The summed E-state index contributed by atoms with van der Waals surface area (Å²) >= 11 is 3.07. The van der Waals surface area contributed by atoms with E-state index in [0.717, 1.165) is 12.3 Å². The Labute approximate surface area is 221 Å². The van der Waals surface area contributed by atoms with Gasteiger partial charge in [-0.25, -0.2) is 9.59 Å². The Morgan fingerprint density at radius 3 is 2.41 bits per heavy atom. The third-order valence-corrected chi connectivity index (χ3v) is 7.33. The molecule has 1 amide bonds. The van der Waals surface area contributed by atoms with Crippen molar-refractivity contribution in [3.63, 3.8) is 0 Å². The largest absolute Gasteiger partial charge is 0.464 e. The summed E-state index contributed by atoms with van der Waals surface area (Å²) in [6.07, 6.45) is -2.47. The van der Waals surface area contributed by atoms with Gasteiger partial charge < -0.3 is 15.2 Å². The lowest BCUT2D eigenvalue weighted by atomic mass is 10.0. The molecule has 2 fully saturated rings. The fourth-order valence-corrected chi connectivity index (χ4v) is 4.93. The van der Waals surface area contributed by atoms with Gasteiger partial charge >= 0.3 is 18.2 Å². The Hall–Kier alpha value is -2.63. The summed E-state index contributed by atoms with van der Waals surface area (Å²) in [7, 11) is 0. The first-order valence-electron chi connectivity index (χ1n) is 11.9. The second-order valence-electron chi connectivity index (χ2n) is 10.3. The predicted octanol–water partition coefficient (Wildman–Crippen LogP) is 5.21. The molecule has 1 saturated carbocycles. The Balaban J connectivity index is 2.02. The van der Waals surface area contributed by atoms with E-state index in [1.165, 1.54) is 18.7 Å². The highest BCUT2D eigenvalue weighted by molar-refractivity contribution is 9.10. The summed E-state index contributed by atoms with van der Waals surface area (Å²) < 4.78 is 52.0. The van der Waals surface area contributed by atoms with Crippen LogP contribution in [0.1, 0.15) is 70.1 Å². The van der Waals surface area contributed by atoms with Crippen LogP contribution in [0.3, 0.4) is 0 Å². The van der Waals surface area contributed by atoms with Crippen LogP contribution in [0.5, 0.6) is 0 Å². The summed E-state index contributed by atoms with van der Waals surface area (Å²) in [5.41, 5.74) is 3.24. The van der Waals surface area contributed by atoms with E-state index in [4.69, 9.17) is 15.2 Å². The number of nitrogens with zero attached hydrogens (tertiary/aromatic N) is 2. The average molecular weight is 590 g/mol. The van der Waals surface area contributed by atoms with Crippen molar-refractivity contribution in [2.75, 3.05) is 12.3 Å². The standard InChI is InChI=1S/C25H31BrF3N3O5/c1-6-36-21(34)19(31-12-14-15(25(27,28)29)11-16(26)13(2)18(14)30)20(33)17-7-8-24(9-10-24)32(17)22(35)37-23(3,4)5/h11-12,17,19H,6-10,30H2,1-5H3. The molecule has 37 heavy (non-hydrogen) atoms. The highest BCUT2D eigenvalue weighted by atomic mass is 79.9. The zero-order chi connectivity index (χ0) is 27.9. The van der Waals surface area contributed by atoms with Crippen molar-refractivity contribution in [3.05, 3.63) is 27.2 Å². The number of hydrogen-bond donors (Lipinski definition) is 1. The van der Waals surface area contributed by atoms with Gasteiger partial charge in [-0.15, -0.1) is 0 Å². The number of benzene rings is 1. The Bertz CT molecular complexity index is 1130. The molecule has 204 valence electrons. The fraction of sp³-hybridized carbons (Fsp3) is 0.600. The lowest BCUT2D eigenvalue weighted by Crippen LogP contribution is -2.51. The van der Waals surface area contributed by atoms with Crippen molar-refractivity contribution in [3.8, 4) is 0 Å². The van der Waals surface area contributed by atoms with Gasteiger partial charge in [-0.3, -0.25) is 14.7 Å². The summed E-state index contributed by atoms with van der Waals surface area (Å²) in [6.45, 7) is 8.08. The van der Waals surface area contributed by atoms with Gasteiger partial charge in [0.2, 0.25) is 6.04 Å². The molecule has 2 atom stereocenters. The molecule has 1 saturated heterocycles. The number of hydrogen-bond acceptors (Lipinski definition) is 7. The molecule has 2 unspecified atom stereocenters. The zero-order valence-corrected chi connectivity index (χ0v) is 23.0. The number of nitrogens with two attached hydrogens (primary N) is 1. The van der Waals surface area contributed by atoms with Crippen LogP contribution in [-0.4, -0.2) is 58.8 Å². The minimum absolute atomic E-state index is 0.0736. The first kappa shape index (κ1) is 28.9. The number of carbonyl (C=O) groups excluding carboxylic acids is 3. The molecular weight excluding hydrogens is 559 g/mol. The maximum Gasteiger partial charge on any atom is 0.417 e. The number of rotatable bonds is 6. The summed E-state index contributed by atoms with van der Waals surface area (Å²) in [5.74, 6) is -1.77. The lowest BCUT2D eigenvalue weighted by Gasteiger charge is -2.32. The Kier molecular flexibility index (Phi) is 8.03. The van der Waals surface area contributed by atoms with Crippen molar-refractivity contribution in [1.82, 2.24) is 4.90 Å². The number of carbonyl (C=O) groups is 3. The molecular formula is C25H31BrF3N3O5. The second-order valence-corrected chi connectivity index (χ2v) is 11.2. The van der Waals surface area contributed by atoms with Gasteiger partial charge in [0.1, 0.15) is 5.60 Å². The Morgan fingerprint density at radius 1 is 1.27 bits per heavy atom. The van der Waals surface area contributed by atoms with E-state index in [0.29, 0.717) is 24.8 Å². The molecule has 1 spiro atoms. The highest BCUT2D eigenvalue weighted by Gasteiger charge is 2.60. The molecule has 3 rings (SSSR count). The number of nitrogen functional groups attached to an aromatic ring is 1. The van der Waals surface area contributed by atoms with E-state index in [1.807, 2.05) is 0 Å². The number of alkyl halides is 3. The molecule has 0 radical (unpaired) electrons. The van der Waals surface area contributed by atoms with Crippen LogP contribution in [0.15, 0.2) is 15.5 Å². The number of esters is 1. The van der Waals surface area contributed by atoms with Gasteiger partial charge in [0, 0.05) is 27.5 Å². The van der Waals surface area contributed by atoms with Crippen molar-refractivity contribution >= 4 is 45.7 Å². The third kappa shape index (κ3) is 6.10. The molecule has 1 aliphatic heterocycles. The quantitative estimate of drug-likeness (QED) is 0.211. The van der Waals surface area contributed by atoms with Gasteiger partial charge in [-0.2, -0.15) is 13.2 Å². The van der Waals surface area contributed by atoms with Crippen molar-refractivity contribution in [2.45, 2.75) is 89.7 Å². The van der Waals surface area contributed by atoms with Gasteiger partial charge in [-0.05, 0) is 71.9 Å². The molecule has 0 bridgehead atoms. The number of Topliss-reactive ketones (excluding diaryl/α,β-unsaturated/α-hetero) is 1. The molecule has 1 heterocycles. The minimum atomic E-state index is -4.77. The smallest absolute Gasteiger partial charge is 0.417 e. The molecule has 12 heteroatoms. The monoisotopic (exact) mass is 589 g/mol. The number of likely N-dealkylation sites (tertiary alicyclic amines) is 1. The van der Waals surface area contributed by atoms with Crippen LogP contribution in [-0.2, 0) is 25.2 Å². The van der Waals surface area contributed by atoms with Crippen LogP contribution >= 0.6 is 15.9 Å². The SMILES string of the molecule is CCOC(=O)C(N=Cc1c(C(F)(F)F)cc(Br)c(C)c1N)C(=O)C1CCC2(CC2)N1C(=O)OC(C)(C)C. The van der Waals surface area contributed by atoms with Crippen molar-refractivity contribution < 1.29 is 37.0 Å². The van der Waals surface area contributed by atoms with E-state index >= 15 is 0 Å². The van der Waals surface area contributed by atoms with Gasteiger partial charge in [0.05, 0.1) is 18.2 Å². The van der Waals surface area contributed by atoms with Crippen LogP contribution in [0.2, 0.25) is 0 Å². The predicted molar refractivity (Wildman–Crippen MR) is 134 cm³/mol. The number of aliphatic imine (C=N–C) groups is 1. The van der Waals surface area contributed by atoms with E-state index in [-0.39, 0.29) is 23.2 Å². The number of ether oxygens (including phenoxy) is 2. The Morgan fingerprint density at radius 2 is 1.89 bits per heavy atom. The summed E-state index contributed by atoms with van der Waals surface area (Å²) in [4.78, 5) is 44.8. The molecule has 8 nitrogen and oxygen atoms in total. The minimum Gasteiger partial charge on any atom is -0.464 e. The van der Waals surface area contributed by atoms with Gasteiger partial charge in [0.15, 0.2) is 5.78 Å². The van der Waals surface area contributed by atoms with Crippen LogP contribution in [0.4, 0.5) is 23.7 Å². The zero-order valence-electron chi connectivity index (χ0n) is 21.4. The third-order valence-electron chi connectivity index (χ3n) is 6.50. The number of ketones is 1. The first-order valence-corrected chi connectivity index (χ1v) is 12.7. The van der Waals surface area contributed by atoms with E-state index in [2.05, 4.69) is 20.9 Å². The second kappa shape index (κ2) is 10.3. The number of anilines is 1. The van der Waals surface area contributed by atoms with Gasteiger partial charge in [-0.1, -0.05) is 15.9 Å². The summed E-state index contributed by atoms with van der Waals surface area (Å²) in [6, 6.07) is -1.95. The molecule has 2 N–H and O–H groups in total. The van der Waals surface area contributed by atoms with E-state index < -0.39 is 58.4 Å². The fourth-order valence-electron chi connectivity index (χ4n) is 4.49. The number of amides is 1. The molecule has 1 aromatic rings. The normalized spacial score (nSPS) is 19.8. The van der Waals surface area contributed by atoms with Crippen LogP contribution < -0.4 is 5.73 Å². The maximum absolute atomic E-state index is 13.8. The molecule has 0 aromatic heterocycles. The van der Waals surface area contributed by atoms with Crippen molar-refractivity contribution in [2.24, 2.45) is 4.99 Å². The van der Waals surface area contributed by atoms with Gasteiger partial charge in [0.25, 0.3) is 0 Å². The maximum atomic E-state index is 13.8. The number of halogens is 4.